The van der Waals surface area contributed by atoms with E-state index in [4.69, 9.17) is 23.5 Å². The second kappa shape index (κ2) is 6.08. The first-order chi connectivity index (χ1) is 6.47. The molecule has 0 fully saturated rings. The zero-order chi connectivity index (χ0) is 11.1. The van der Waals surface area contributed by atoms with E-state index in [-0.39, 0.29) is 17.1 Å². The Morgan fingerprint density at radius 1 is 1.21 bits per heavy atom. The maximum Gasteiger partial charge on any atom is 0.299 e. The largest absolute Gasteiger partial charge is 0.508 e. The topological polar surface area (TPSA) is 115 Å². The monoisotopic (exact) mass is 220 g/mol. The Hall–Kier alpha value is -1.44. The molecule has 0 atom stereocenters. The molecule has 0 saturated heterocycles. The average molecular weight is 220 g/mol. The van der Waals surface area contributed by atoms with Gasteiger partial charge in [0.2, 0.25) is 0 Å². The minimum atomic E-state index is -2.61. The first kappa shape index (κ1) is 12.6. The molecule has 0 unspecified atom stereocenters. The summed E-state index contributed by atoms with van der Waals surface area (Å²) in [5.41, 5.74) is 0.0972. The van der Waals surface area contributed by atoms with Crippen LogP contribution in [0.5, 0.6) is 11.5 Å². The zero-order valence-corrected chi connectivity index (χ0v) is 7.64. The molecular weight excluding hydrogens is 212 g/mol. The highest BCUT2D eigenvalue weighted by Crippen LogP contribution is 2.19. The molecule has 0 heterocycles. The number of carbonyl (C=O) groups is 1. The summed E-state index contributed by atoms with van der Waals surface area (Å²) in [7, 11) is 0. The van der Waals surface area contributed by atoms with E-state index >= 15 is 0 Å². The molecule has 0 radical (unpaired) electrons. The van der Waals surface area contributed by atoms with Crippen LogP contribution in [0.15, 0.2) is 18.2 Å². The molecule has 0 aliphatic rings. The third-order valence-electron chi connectivity index (χ3n) is 1.14. The standard InChI is InChI=1S/C7H6O3.H2O3S/c8-4-5-3-6(9)1-2-7(5)10;1-4(2)3/h1-4,9-10H;(H2,1,2,3). The molecule has 6 nitrogen and oxygen atoms in total. The Balaban J connectivity index is 0.000000364. The van der Waals surface area contributed by atoms with Gasteiger partial charge in [0, 0.05) is 0 Å². The van der Waals surface area contributed by atoms with Gasteiger partial charge in [-0.3, -0.25) is 13.9 Å². The van der Waals surface area contributed by atoms with E-state index in [9.17, 15) is 4.79 Å². The van der Waals surface area contributed by atoms with Gasteiger partial charge in [0.25, 0.3) is 11.4 Å². The molecule has 0 aliphatic heterocycles. The van der Waals surface area contributed by atoms with Crippen molar-refractivity contribution >= 4 is 17.6 Å². The summed E-state index contributed by atoms with van der Waals surface area (Å²) in [6.45, 7) is 0. The highest BCUT2D eigenvalue weighted by atomic mass is 32.2. The molecule has 0 saturated carbocycles. The van der Waals surface area contributed by atoms with Gasteiger partial charge in [-0.1, -0.05) is 0 Å². The van der Waals surface area contributed by atoms with E-state index in [1.807, 2.05) is 0 Å². The lowest BCUT2D eigenvalue weighted by Crippen LogP contribution is -1.78. The normalized spacial score (nSPS) is 9.07. The van der Waals surface area contributed by atoms with E-state index in [1.54, 1.807) is 0 Å². The van der Waals surface area contributed by atoms with Crippen molar-refractivity contribution in [1.82, 2.24) is 0 Å². The van der Waals surface area contributed by atoms with Crippen molar-refractivity contribution in [1.29, 1.82) is 0 Å². The summed E-state index contributed by atoms with van der Waals surface area (Å²) >= 11 is -2.61. The summed E-state index contributed by atoms with van der Waals surface area (Å²) in [5, 5.41) is 17.7. The Labute approximate surface area is 81.9 Å². The van der Waals surface area contributed by atoms with Gasteiger partial charge >= 0.3 is 0 Å². The van der Waals surface area contributed by atoms with Gasteiger partial charge in [-0.15, -0.1) is 0 Å². The Morgan fingerprint density at radius 2 is 1.71 bits per heavy atom. The molecule has 78 valence electrons. The van der Waals surface area contributed by atoms with Crippen molar-refractivity contribution in [2.45, 2.75) is 0 Å². The van der Waals surface area contributed by atoms with Crippen molar-refractivity contribution in [2.75, 3.05) is 0 Å². The molecule has 1 aromatic carbocycles. The van der Waals surface area contributed by atoms with Gasteiger partial charge in [0.1, 0.15) is 11.5 Å². The number of benzene rings is 1. The number of hydrogen-bond donors (Lipinski definition) is 4. The number of phenolic OH excluding ortho intramolecular Hbond substituents is 2. The Kier molecular flexibility index (Phi) is 5.46. The predicted molar refractivity (Wildman–Crippen MR) is 48.6 cm³/mol. The Bertz CT molecular complexity index is 333. The molecule has 4 N–H and O–H groups in total. The van der Waals surface area contributed by atoms with Gasteiger partial charge in [0.05, 0.1) is 5.56 Å². The number of carbonyl (C=O) groups excluding carboxylic acids is 1. The van der Waals surface area contributed by atoms with Crippen LogP contribution in [0.2, 0.25) is 0 Å². The third-order valence-corrected chi connectivity index (χ3v) is 1.14. The number of rotatable bonds is 1. The maximum absolute atomic E-state index is 10.1. The molecule has 0 bridgehead atoms. The molecule has 1 aromatic rings. The fourth-order valence-corrected chi connectivity index (χ4v) is 0.636. The lowest BCUT2D eigenvalue weighted by Gasteiger charge is -1.95. The molecule has 0 amide bonds. The van der Waals surface area contributed by atoms with E-state index in [1.165, 1.54) is 18.2 Å². The summed E-state index contributed by atoms with van der Waals surface area (Å²) in [4.78, 5) is 10.1. The fraction of sp³-hybridized carbons (Fsp3) is 0. The van der Waals surface area contributed by atoms with Crippen molar-refractivity contribution in [3.8, 4) is 11.5 Å². The first-order valence-corrected chi connectivity index (χ1v) is 4.31. The molecule has 1 rings (SSSR count). The molecular formula is C7H8O6S. The maximum atomic E-state index is 10.1. The van der Waals surface area contributed by atoms with Crippen LogP contribution in [0, 0.1) is 0 Å². The fourth-order valence-electron chi connectivity index (χ4n) is 0.636. The van der Waals surface area contributed by atoms with Gasteiger partial charge in [-0.25, -0.2) is 0 Å². The van der Waals surface area contributed by atoms with Gasteiger partial charge < -0.3 is 10.2 Å². The SMILES string of the molecule is O=Cc1cc(O)ccc1O.O=S(O)O. The van der Waals surface area contributed by atoms with Crippen molar-refractivity contribution in [3.05, 3.63) is 23.8 Å². The summed E-state index contributed by atoms with van der Waals surface area (Å²) in [6.07, 6.45) is 0.481. The third kappa shape index (κ3) is 5.25. The molecule has 7 heteroatoms. The summed E-state index contributed by atoms with van der Waals surface area (Å²) < 4.78 is 22.8. The Morgan fingerprint density at radius 3 is 2.07 bits per heavy atom. The van der Waals surface area contributed by atoms with E-state index in [2.05, 4.69) is 0 Å². The van der Waals surface area contributed by atoms with E-state index < -0.39 is 11.4 Å². The van der Waals surface area contributed by atoms with E-state index in [0.717, 1.165) is 0 Å². The number of aromatic hydroxyl groups is 2. The van der Waals surface area contributed by atoms with Crippen LogP contribution < -0.4 is 0 Å². The van der Waals surface area contributed by atoms with Crippen LogP contribution in [0.1, 0.15) is 10.4 Å². The average Bonchev–Trinajstić information content (AvgIpc) is 2.08. The van der Waals surface area contributed by atoms with Crippen molar-refractivity contribution in [3.63, 3.8) is 0 Å². The number of phenols is 2. The van der Waals surface area contributed by atoms with Crippen LogP contribution in [-0.2, 0) is 11.4 Å². The first-order valence-electron chi connectivity index (χ1n) is 3.24. The van der Waals surface area contributed by atoms with E-state index in [0.29, 0.717) is 6.29 Å². The predicted octanol–water partition coefficient (Wildman–Crippen LogP) is 0.591. The van der Waals surface area contributed by atoms with Crippen molar-refractivity contribution < 1.29 is 28.3 Å². The van der Waals surface area contributed by atoms with Crippen LogP contribution in [0.25, 0.3) is 0 Å². The smallest absolute Gasteiger partial charge is 0.299 e. The van der Waals surface area contributed by atoms with Gasteiger partial charge in [-0.05, 0) is 18.2 Å². The lowest BCUT2D eigenvalue weighted by molar-refractivity contribution is 0.112. The quantitative estimate of drug-likeness (QED) is 0.313. The van der Waals surface area contributed by atoms with Crippen molar-refractivity contribution in [2.24, 2.45) is 0 Å². The van der Waals surface area contributed by atoms with Gasteiger partial charge in [-0.2, -0.15) is 4.21 Å². The van der Waals surface area contributed by atoms with Crippen LogP contribution >= 0.6 is 0 Å². The highest BCUT2D eigenvalue weighted by molar-refractivity contribution is 7.73. The minimum Gasteiger partial charge on any atom is -0.508 e. The van der Waals surface area contributed by atoms with Crippen LogP contribution in [0.3, 0.4) is 0 Å². The number of hydrogen-bond acceptors (Lipinski definition) is 4. The summed E-state index contributed by atoms with van der Waals surface area (Å²) in [5.74, 6) is -0.146. The minimum absolute atomic E-state index is 0.0279. The molecule has 0 aromatic heterocycles. The van der Waals surface area contributed by atoms with Crippen LogP contribution in [-0.4, -0.2) is 29.8 Å². The molecule has 0 aliphatic carbocycles. The lowest BCUT2D eigenvalue weighted by atomic mass is 10.2. The van der Waals surface area contributed by atoms with Crippen LogP contribution in [0.4, 0.5) is 0 Å². The second-order valence-corrected chi connectivity index (χ2v) is 2.55. The second-order valence-electron chi connectivity index (χ2n) is 2.09. The van der Waals surface area contributed by atoms with Gasteiger partial charge in [0.15, 0.2) is 6.29 Å². The molecule has 0 spiro atoms. The molecule has 14 heavy (non-hydrogen) atoms. The summed E-state index contributed by atoms with van der Waals surface area (Å²) in [6, 6.07) is 3.77. The highest BCUT2D eigenvalue weighted by Gasteiger charge is 1.98. The number of aldehydes is 1. The zero-order valence-electron chi connectivity index (χ0n) is 6.82.